The molecule has 0 aromatic heterocycles. The minimum Gasteiger partial charge on any atom is -0.460 e. The molecule has 0 radical (unpaired) electrons. The zero-order chi connectivity index (χ0) is 8.69. The Morgan fingerprint density at radius 1 is 1.45 bits per heavy atom. The lowest BCUT2D eigenvalue weighted by Gasteiger charge is -2.13. The first-order chi connectivity index (χ1) is 5.24. The molecule has 11 heavy (non-hydrogen) atoms. The number of hydrogen-bond acceptors (Lipinski definition) is 3. The first-order valence-electron chi connectivity index (χ1n) is 3.93. The van der Waals surface area contributed by atoms with Crippen molar-refractivity contribution in [3.8, 4) is 0 Å². The van der Waals surface area contributed by atoms with Crippen LogP contribution in [0.3, 0.4) is 0 Å². The van der Waals surface area contributed by atoms with Crippen LogP contribution in [0.4, 0.5) is 0 Å². The van der Waals surface area contributed by atoms with Crippen LogP contribution in [0, 0.1) is 0 Å². The molecule has 3 heteroatoms. The summed E-state index contributed by atoms with van der Waals surface area (Å²) in [6.45, 7) is 4.23. The molecule has 1 atom stereocenters. The van der Waals surface area contributed by atoms with Crippen LogP contribution in [0.2, 0.25) is 0 Å². The van der Waals surface area contributed by atoms with Crippen LogP contribution < -0.4 is 0 Å². The maximum absolute atomic E-state index is 10.8. The average molecular weight is 160 g/mol. The van der Waals surface area contributed by atoms with E-state index < -0.39 is 0 Å². The zero-order valence-electron chi connectivity index (χ0n) is 7.42. The van der Waals surface area contributed by atoms with E-state index in [1.54, 1.807) is 14.0 Å². The van der Waals surface area contributed by atoms with Gasteiger partial charge >= 0.3 is 5.97 Å². The second-order valence-corrected chi connectivity index (χ2v) is 2.33. The van der Waals surface area contributed by atoms with Crippen LogP contribution in [-0.4, -0.2) is 25.8 Å². The van der Waals surface area contributed by atoms with Crippen molar-refractivity contribution in [2.24, 2.45) is 0 Å². The van der Waals surface area contributed by atoms with Crippen LogP contribution in [0.5, 0.6) is 0 Å². The lowest BCUT2D eigenvalue weighted by atomic mass is 10.3. The number of hydrogen-bond donors (Lipinski definition) is 0. The third kappa shape index (κ3) is 4.79. The number of carbonyl (C=O) groups excluding carboxylic acids is 1. The molecule has 0 aliphatic carbocycles. The van der Waals surface area contributed by atoms with Crippen molar-refractivity contribution in [2.45, 2.75) is 32.8 Å². The zero-order valence-corrected chi connectivity index (χ0v) is 7.42. The molecule has 0 saturated heterocycles. The lowest BCUT2D eigenvalue weighted by Crippen LogP contribution is -2.21. The Morgan fingerprint density at radius 2 is 2.09 bits per heavy atom. The molecule has 0 aromatic rings. The predicted octanol–water partition coefficient (Wildman–Crippen LogP) is 1.36. The predicted molar refractivity (Wildman–Crippen MR) is 42.3 cm³/mol. The van der Waals surface area contributed by atoms with Crippen molar-refractivity contribution in [2.75, 3.05) is 13.7 Å². The largest absolute Gasteiger partial charge is 0.460 e. The van der Waals surface area contributed by atoms with Crippen LogP contribution in [0.1, 0.15) is 26.7 Å². The van der Waals surface area contributed by atoms with Crippen molar-refractivity contribution in [1.82, 2.24) is 0 Å². The number of rotatable bonds is 5. The molecule has 0 aliphatic heterocycles. The van der Waals surface area contributed by atoms with Crippen molar-refractivity contribution < 1.29 is 14.3 Å². The van der Waals surface area contributed by atoms with Crippen LogP contribution in [0.15, 0.2) is 0 Å². The number of esters is 1. The van der Waals surface area contributed by atoms with Gasteiger partial charge < -0.3 is 9.47 Å². The Labute approximate surface area is 67.7 Å². The van der Waals surface area contributed by atoms with Crippen molar-refractivity contribution in [1.29, 1.82) is 0 Å². The summed E-state index contributed by atoms with van der Waals surface area (Å²) in [5, 5.41) is 0. The van der Waals surface area contributed by atoms with Gasteiger partial charge in [-0.2, -0.15) is 0 Å². The fourth-order valence-corrected chi connectivity index (χ4v) is 0.690. The maximum Gasteiger partial charge on any atom is 0.305 e. The van der Waals surface area contributed by atoms with Gasteiger partial charge in [0.05, 0.1) is 6.61 Å². The molecule has 0 heterocycles. The summed E-state index contributed by atoms with van der Waals surface area (Å²) >= 11 is 0. The highest BCUT2D eigenvalue weighted by molar-refractivity contribution is 5.69. The molecule has 0 aromatic carbocycles. The molecule has 0 bridgehead atoms. The Bertz CT molecular complexity index is 112. The summed E-state index contributed by atoms with van der Waals surface area (Å²) in [5.74, 6) is -0.158. The molecule has 0 spiro atoms. The van der Waals surface area contributed by atoms with E-state index in [9.17, 15) is 4.79 Å². The molecule has 0 N–H and O–H groups in total. The normalized spacial score (nSPS) is 12.6. The molecular weight excluding hydrogens is 144 g/mol. The topological polar surface area (TPSA) is 35.5 Å². The maximum atomic E-state index is 10.8. The fraction of sp³-hybridized carbons (Fsp3) is 0.875. The second-order valence-electron chi connectivity index (χ2n) is 2.33. The van der Waals surface area contributed by atoms with Gasteiger partial charge in [-0.3, -0.25) is 4.79 Å². The standard InChI is InChI=1S/C8H16O3/c1-4-7(6-10-3)11-8(9)5-2/h7H,4-6H2,1-3H3. The van der Waals surface area contributed by atoms with E-state index in [2.05, 4.69) is 0 Å². The Morgan fingerprint density at radius 3 is 2.45 bits per heavy atom. The highest BCUT2D eigenvalue weighted by Gasteiger charge is 2.09. The van der Waals surface area contributed by atoms with Crippen molar-refractivity contribution in [3.05, 3.63) is 0 Å². The third-order valence-corrected chi connectivity index (χ3v) is 1.39. The van der Waals surface area contributed by atoms with Crippen LogP contribution in [-0.2, 0) is 14.3 Å². The van der Waals surface area contributed by atoms with Gasteiger partial charge in [-0.05, 0) is 6.42 Å². The lowest BCUT2D eigenvalue weighted by molar-refractivity contribution is -0.151. The minimum absolute atomic E-state index is 0.0764. The van der Waals surface area contributed by atoms with Crippen LogP contribution in [0.25, 0.3) is 0 Å². The van der Waals surface area contributed by atoms with Gasteiger partial charge in [0, 0.05) is 13.5 Å². The SMILES string of the molecule is CCC(=O)OC(CC)COC. The quantitative estimate of drug-likeness (QED) is 0.570. The molecule has 0 aliphatic rings. The Kier molecular flexibility index (Phi) is 5.84. The highest BCUT2D eigenvalue weighted by atomic mass is 16.6. The summed E-state index contributed by atoms with van der Waals surface area (Å²) in [4.78, 5) is 10.8. The highest BCUT2D eigenvalue weighted by Crippen LogP contribution is 1.99. The molecule has 1 unspecified atom stereocenters. The van der Waals surface area contributed by atoms with Crippen molar-refractivity contribution in [3.63, 3.8) is 0 Å². The summed E-state index contributed by atoms with van der Waals surface area (Å²) in [6, 6.07) is 0. The molecule has 3 nitrogen and oxygen atoms in total. The molecular formula is C8H16O3. The number of ether oxygens (including phenoxy) is 2. The van der Waals surface area contributed by atoms with E-state index in [0.717, 1.165) is 6.42 Å². The third-order valence-electron chi connectivity index (χ3n) is 1.39. The molecule has 0 fully saturated rings. The Hall–Kier alpha value is -0.570. The first kappa shape index (κ1) is 10.4. The van der Waals surface area contributed by atoms with E-state index in [1.807, 2.05) is 6.92 Å². The van der Waals surface area contributed by atoms with Gasteiger partial charge in [-0.25, -0.2) is 0 Å². The van der Waals surface area contributed by atoms with E-state index in [4.69, 9.17) is 9.47 Å². The first-order valence-corrected chi connectivity index (χ1v) is 3.93. The van der Waals surface area contributed by atoms with Gasteiger partial charge in [-0.15, -0.1) is 0 Å². The fourth-order valence-electron chi connectivity index (χ4n) is 0.690. The molecule has 0 amide bonds. The summed E-state index contributed by atoms with van der Waals surface area (Å²) in [5.41, 5.74) is 0. The van der Waals surface area contributed by atoms with E-state index in [-0.39, 0.29) is 12.1 Å². The Balaban J connectivity index is 3.58. The second kappa shape index (κ2) is 6.16. The van der Waals surface area contributed by atoms with Gasteiger partial charge in [0.25, 0.3) is 0 Å². The molecule has 0 rings (SSSR count). The number of carbonyl (C=O) groups is 1. The number of methoxy groups -OCH3 is 1. The minimum atomic E-state index is -0.158. The summed E-state index contributed by atoms with van der Waals surface area (Å²) in [7, 11) is 1.60. The monoisotopic (exact) mass is 160 g/mol. The van der Waals surface area contributed by atoms with E-state index in [0.29, 0.717) is 13.0 Å². The average Bonchev–Trinajstić information content (AvgIpc) is 2.03. The smallest absolute Gasteiger partial charge is 0.305 e. The van der Waals surface area contributed by atoms with Crippen molar-refractivity contribution >= 4 is 5.97 Å². The van der Waals surface area contributed by atoms with E-state index in [1.165, 1.54) is 0 Å². The van der Waals surface area contributed by atoms with Gasteiger partial charge in [0.2, 0.25) is 0 Å². The summed E-state index contributed by atoms with van der Waals surface area (Å²) in [6.07, 6.45) is 1.16. The van der Waals surface area contributed by atoms with Crippen LogP contribution >= 0.6 is 0 Å². The van der Waals surface area contributed by atoms with E-state index >= 15 is 0 Å². The molecule has 0 saturated carbocycles. The van der Waals surface area contributed by atoms with Gasteiger partial charge in [0.15, 0.2) is 0 Å². The molecule has 66 valence electrons. The van der Waals surface area contributed by atoms with Gasteiger partial charge in [-0.1, -0.05) is 13.8 Å². The van der Waals surface area contributed by atoms with Gasteiger partial charge in [0.1, 0.15) is 6.10 Å². The summed E-state index contributed by atoms with van der Waals surface area (Å²) < 4.78 is 9.89.